The van der Waals surface area contributed by atoms with Gasteiger partial charge in [-0.1, -0.05) is 0 Å². The normalized spacial score (nSPS) is 14.9. The van der Waals surface area contributed by atoms with Crippen molar-refractivity contribution in [2.45, 2.75) is 12.7 Å². The van der Waals surface area contributed by atoms with E-state index in [1.54, 1.807) is 28.0 Å². The zero-order valence-corrected chi connectivity index (χ0v) is 10.9. The summed E-state index contributed by atoms with van der Waals surface area (Å²) in [4.78, 5) is 1.71. The van der Waals surface area contributed by atoms with Crippen LogP contribution in [0.5, 0.6) is 0 Å². The van der Waals surface area contributed by atoms with Crippen LogP contribution >= 0.6 is 0 Å². The molecule has 0 spiro atoms. The minimum absolute atomic E-state index is 0.129. The molecular formula is C14H12F3N3O. The molecule has 2 aromatic rings. The van der Waals surface area contributed by atoms with E-state index in [9.17, 15) is 18.3 Å². The number of hydrogen-bond acceptors (Lipinski definition) is 3. The van der Waals surface area contributed by atoms with Gasteiger partial charge in [0.25, 0.3) is 0 Å². The van der Waals surface area contributed by atoms with E-state index >= 15 is 0 Å². The minimum atomic E-state index is -4.35. The van der Waals surface area contributed by atoms with E-state index in [0.717, 1.165) is 23.5 Å². The molecule has 0 saturated heterocycles. The molecule has 1 aromatic heterocycles. The highest BCUT2D eigenvalue weighted by Crippen LogP contribution is 2.34. The van der Waals surface area contributed by atoms with Crippen LogP contribution in [0.4, 0.5) is 24.7 Å². The van der Waals surface area contributed by atoms with E-state index < -0.39 is 11.7 Å². The lowest BCUT2D eigenvalue weighted by Gasteiger charge is -2.27. The van der Waals surface area contributed by atoms with Crippen molar-refractivity contribution in [3.8, 4) is 0 Å². The van der Waals surface area contributed by atoms with Crippen molar-refractivity contribution in [2.24, 2.45) is 0 Å². The van der Waals surface area contributed by atoms with E-state index in [4.69, 9.17) is 0 Å². The Morgan fingerprint density at radius 3 is 2.48 bits per heavy atom. The molecule has 0 unspecified atom stereocenters. The molecule has 1 aromatic carbocycles. The zero-order valence-electron chi connectivity index (χ0n) is 10.9. The van der Waals surface area contributed by atoms with Crippen LogP contribution in [0.25, 0.3) is 0 Å². The maximum absolute atomic E-state index is 12.6. The largest absolute Gasteiger partial charge is 0.416 e. The van der Waals surface area contributed by atoms with E-state index in [1.165, 1.54) is 12.1 Å². The summed E-state index contributed by atoms with van der Waals surface area (Å²) >= 11 is 0. The van der Waals surface area contributed by atoms with Gasteiger partial charge in [0.1, 0.15) is 5.82 Å². The van der Waals surface area contributed by atoms with Crippen molar-refractivity contribution in [1.82, 2.24) is 9.78 Å². The minimum Gasteiger partial charge on any atom is -0.392 e. The van der Waals surface area contributed by atoms with Crippen LogP contribution in [-0.2, 0) is 12.7 Å². The van der Waals surface area contributed by atoms with Gasteiger partial charge < -0.3 is 10.0 Å². The van der Waals surface area contributed by atoms with Gasteiger partial charge in [0.05, 0.1) is 24.9 Å². The number of aromatic nitrogens is 2. The fourth-order valence-corrected chi connectivity index (χ4v) is 2.24. The van der Waals surface area contributed by atoms with Crippen molar-refractivity contribution >= 4 is 11.5 Å². The molecule has 7 heteroatoms. The van der Waals surface area contributed by atoms with Gasteiger partial charge in [-0.15, -0.1) is 0 Å². The molecule has 0 fully saturated rings. The summed E-state index contributed by atoms with van der Waals surface area (Å²) in [5, 5.41) is 13.4. The van der Waals surface area contributed by atoms with Crippen LogP contribution in [-0.4, -0.2) is 21.5 Å². The van der Waals surface area contributed by atoms with Crippen LogP contribution < -0.4 is 4.90 Å². The molecule has 0 atom stereocenters. The number of aliphatic hydroxyl groups is 1. The van der Waals surface area contributed by atoms with Gasteiger partial charge in [-0.3, -0.25) is 0 Å². The van der Waals surface area contributed by atoms with Gasteiger partial charge >= 0.3 is 6.18 Å². The number of benzene rings is 1. The zero-order chi connectivity index (χ0) is 15.0. The van der Waals surface area contributed by atoms with E-state index in [1.807, 2.05) is 0 Å². The molecule has 4 nitrogen and oxygen atoms in total. The molecule has 3 rings (SSSR count). The number of hydrogen-bond donors (Lipinski definition) is 1. The molecule has 2 heterocycles. The Kier molecular flexibility index (Phi) is 3.21. The van der Waals surface area contributed by atoms with Crippen LogP contribution in [0.1, 0.15) is 5.56 Å². The number of nitrogens with zero attached hydrogens (tertiary/aromatic N) is 3. The summed E-state index contributed by atoms with van der Waals surface area (Å²) < 4.78 is 39.5. The number of halogens is 3. The molecule has 110 valence electrons. The van der Waals surface area contributed by atoms with Crippen molar-refractivity contribution < 1.29 is 18.3 Å². The maximum Gasteiger partial charge on any atom is 0.416 e. The Balaban J connectivity index is 1.99. The number of fused-ring (bicyclic) bond motifs is 1. The SMILES string of the molecule is OCC1=CN(c2ccc(C(F)(F)F)cc2)c2ccnn2C1. The average molecular weight is 295 g/mol. The maximum atomic E-state index is 12.6. The van der Waals surface area contributed by atoms with Crippen molar-refractivity contribution in [3.63, 3.8) is 0 Å². The number of anilines is 2. The van der Waals surface area contributed by atoms with Crippen molar-refractivity contribution in [2.75, 3.05) is 11.5 Å². The summed E-state index contributed by atoms with van der Waals surface area (Å²) in [6.07, 6.45) is -1.02. The van der Waals surface area contributed by atoms with Gasteiger partial charge in [-0.2, -0.15) is 18.3 Å². The Labute approximate surface area is 118 Å². The number of aliphatic hydroxyl groups excluding tert-OH is 1. The molecule has 21 heavy (non-hydrogen) atoms. The summed E-state index contributed by atoms with van der Waals surface area (Å²) in [6, 6.07) is 6.64. The Bertz CT molecular complexity index is 674. The summed E-state index contributed by atoms with van der Waals surface area (Å²) in [5.74, 6) is 0.743. The number of rotatable bonds is 2. The van der Waals surface area contributed by atoms with Gasteiger partial charge in [0.15, 0.2) is 0 Å². The topological polar surface area (TPSA) is 41.3 Å². The molecular weight excluding hydrogens is 283 g/mol. The van der Waals surface area contributed by atoms with Crippen LogP contribution in [0.3, 0.4) is 0 Å². The lowest BCUT2D eigenvalue weighted by Crippen LogP contribution is -2.23. The smallest absolute Gasteiger partial charge is 0.392 e. The lowest BCUT2D eigenvalue weighted by molar-refractivity contribution is -0.137. The molecule has 0 aliphatic carbocycles. The first-order chi connectivity index (χ1) is 9.99. The van der Waals surface area contributed by atoms with Crippen LogP contribution in [0.2, 0.25) is 0 Å². The summed E-state index contributed by atoms with van der Waals surface area (Å²) in [6.45, 7) is 0.340. The van der Waals surface area contributed by atoms with Crippen LogP contribution in [0.15, 0.2) is 48.3 Å². The Morgan fingerprint density at radius 2 is 1.86 bits per heavy atom. The second kappa shape index (κ2) is 4.92. The highest BCUT2D eigenvalue weighted by atomic mass is 19.4. The van der Waals surface area contributed by atoms with Gasteiger partial charge in [-0.05, 0) is 29.8 Å². The highest BCUT2D eigenvalue weighted by Gasteiger charge is 2.30. The summed E-state index contributed by atoms with van der Waals surface area (Å²) in [5.41, 5.74) is 0.615. The Hall–Kier alpha value is -2.28. The van der Waals surface area contributed by atoms with Gasteiger partial charge in [0.2, 0.25) is 0 Å². The quantitative estimate of drug-likeness (QED) is 0.926. The molecule has 0 bridgehead atoms. The fourth-order valence-electron chi connectivity index (χ4n) is 2.24. The van der Waals surface area contributed by atoms with Crippen LogP contribution in [0, 0.1) is 0 Å². The van der Waals surface area contributed by atoms with Gasteiger partial charge in [-0.25, -0.2) is 4.68 Å². The average Bonchev–Trinajstić information content (AvgIpc) is 2.93. The second-order valence-corrected chi connectivity index (χ2v) is 4.71. The third-order valence-corrected chi connectivity index (χ3v) is 3.28. The summed E-state index contributed by atoms with van der Waals surface area (Å²) in [7, 11) is 0. The molecule has 1 aliphatic rings. The lowest BCUT2D eigenvalue weighted by atomic mass is 10.1. The third kappa shape index (κ3) is 2.52. The molecule has 0 amide bonds. The van der Waals surface area contributed by atoms with E-state index in [-0.39, 0.29) is 6.61 Å². The van der Waals surface area contributed by atoms with Crippen molar-refractivity contribution in [1.29, 1.82) is 0 Å². The van der Waals surface area contributed by atoms with Gasteiger partial charge in [0, 0.05) is 18.0 Å². The first-order valence-corrected chi connectivity index (χ1v) is 6.28. The standard InChI is InChI=1S/C14H12F3N3O/c15-14(16,17)11-1-3-12(4-2-11)19-7-10(9-21)8-20-13(19)5-6-18-20/h1-7,21H,8-9H2. The highest BCUT2D eigenvalue weighted by molar-refractivity contribution is 5.65. The van der Waals surface area contributed by atoms with E-state index in [0.29, 0.717) is 12.2 Å². The predicted molar refractivity (Wildman–Crippen MR) is 71.0 cm³/mol. The molecule has 0 saturated carbocycles. The number of alkyl halides is 3. The van der Waals surface area contributed by atoms with Crippen molar-refractivity contribution in [3.05, 3.63) is 53.9 Å². The monoisotopic (exact) mass is 295 g/mol. The third-order valence-electron chi connectivity index (χ3n) is 3.28. The second-order valence-electron chi connectivity index (χ2n) is 4.71. The predicted octanol–water partition coefficient (Wildman–Crippen LogP) is 2.93. The molecule has 1 N–H and O–H groups in total. The van der Waals surface area contributed by atoms with E-state index in [2.05, 4.69) is 5.10 Å². The fraction of sp³-hybridized carbons (Fsp3) is 0.214. The molecule has 0 radical (unpaired) electrons. The first kappa shape index (κ1) is 13.7. The Morgan fingerprint density at radius 1 is 1.14 bits per heavy atom. The first-order valence-electron chi connectivity index (χ1n) is 6.28. The molecule has 1 aliphatic heterocycles.